The zero-order valence-corrected chi connectivity index (χ0v) is 9.07. The zero-order chi connectivity index (χ0) is 13.6. The van der Waals surface area contributed by atoms with Crippen molar-refractivity contribution in [2.75, 3.05) is 6.61 Å². The number of carbonyl (C=O) groups is 1. The molecule has 1 aromatic carbocycles. The van der Waals surface area contributed by atoms with E-state index < -0.39 is 18.7 Å². The average Bonchev–Trinajstić information content (AvgIpc) is 2.26. The Balaban J connectivity index is 2.38. The summed E-state index contributed by atoms with van der Waals surface area (Å²) >= 11 is 0. The summed E-state index contributed by atoms with van der Waals surface area (Å²) in [5.74, 6) is -0.738. The highest BCUT2D eigenvalue weighted by Crippen LogP contribution is 2.13. The lowest BCUT2D eigenvalue weighted by Crippen LogP contribution is -2.28. The third-order valence-electron chi connectivity index (χ3n) is 1.73. The van der Waals surface area contributed by atoms with E-state index >= 15 is 0 Å². The van der Waals surface area contributed by atoms with Crippen LogP contribution in [0.5, 0.6) is 5.75 Å². The van der Waals surface area contributed by atoms with Crippen molar-refractivity contribution in [2.24, 2.45) is 0 Å². The summed E-state index contributed by atoms with van der Waals surface area (Å²) in [6, 6.07) is 5.90. The number of nitrogens with one attached hydrogen (secondary N) is 1. The van der Waals surface area contributed by atoms with Gasteiger partial charge in [-0.25, -0.2) is 5.48 Å². The molecule has 0 unspecified atom stereocenters. The molecule has 0 saturated carbocycles. The van der Waals surface area contributed by atoms with E-state index in [0.717, 1.165) is 6.08 Å². The van der Waals surface area contributed by atoms with Crippen LogP contribution in [0.15, 0.2) is 30.3 Å². The number of alkyl halides is 3. The van der Waals surface area contributed by atoms with Crippen LogP contribution in [0.2, 0.25) is 0 Å². The van der Waals surface area contributed by atoms with Crippen molar-refractivity contribution in [3.05, 3.63) is 35.9 Å². The maximum absolute atomic E-state index is 11.7. The molecule has 0 aliphatic rings. The average molecular weight is 261 g/mol. The Bertz CT molecular complexity index is 426. The van der Waals surface area contributed by atoms with Crippen LogP contribution < -0.4 is 5.48 Å². The standard InChI is InChI=1S/C11H10F3NO3/c12-11(13,14)7-18-15-10(17)6-3-8-1-4-9(16)5-2-8/h1-6,16H,7H2,(H,15,17)/b6-3+. The fourth-order valence-electron chi connectivity index (χ4n) is 0.980. The number of phenols is 1. The third kappa shape index (κ3) is 5.90. The summed E-state index contributed by atoms with van der Waals surface area (Å²) in [6.07, 6.45) is -2.11. The molecular weight excluding hydrogens is 251 g/mol. The Morgan fingerprint density at radius 1 is 1.33 bits per heavy atom. The maximum Gasteiger partial charge on any atom is 0.414 e. The first-order valence-corrected chi connectivity index (χ1v) is 4.82. The molecule has 2 N–H and O–H groups in total. The summed E-state index contributed by atoms with van der Waals surface area (Å²) < 4.78 is 35.0. The number of carbonyl (C=O) groups excluding carboxylic acids is 1. The number of phenolic OH excluding ortho intramolecular Hbond substituents is 1. The van der Waals surface area contributed by atoms with Crippen molar-refractivity contribution in [1.82, 2.24) is 5.48 Å². The van der Waals surface area contributed by atoms with Gasteiger partial charge in [0.1, 0.15) is 5.75 Å². The van der Waals surface area contributed by atoms with Gasteiger partial charge < -0.3 is 5.11 Å². The molecule has 0 atom stereocenters. The molecule has 7 heteroatoms. The van der Waals surface area contributed by atoms with E-state index in [1.165, 1.54) is 30.3 Å². The minimum absolute atomic E-state index is 0.0742. The van der Waals surface area contributed by atoms with Crippen LogP contribution in [-0.2, 0) is 9.63 Å². The number of amides is 1. The van der Waals surface area contributed by atoms with Crippen LogP contribution in [-0.4, -0.2) is 23.8 Å². The van der Waals surface area contributed by atoms with Crippen LogP contribution >= 0.6 is 0 Å². The monoisotopic (exact) mass is 261 g/mol. The van der Waals surface area contributed by atoms with Gasteiger partial charge in [0, 0.05) is 6.08 Å². The number of benzene rings is 1. The molecule has 1 amide bonds. The zero-order valence-electron chi connectivity index (χ0n) is 9.07. The first kappa shape index (κ1) is 14.0. The van der Waals surface area contributed by atoms with E-state index in [0.29, 0.717) is 5.56 Å². The van der Waals surface area contributed by atoms with Gasteiger partial charge in [-0.3, -0.25) is 9.63 Å². The van der Waals surface area contributed by atoms with E-state index in [-0.39, 0.29) is 5.75 Å². The molecule has 1 rings (SSSR count). The number of hydroxylamine groups is 1. The van der Waals surface area contributed by atoms with E-state index in [1.54, 1.807) is 5.48 Å². The Hall–Kier alpha value is -2.02. The molecule has 0 aliphatic heterocycles. The summed E-state index contributed by atoms with van der Waals surface area (Å²) in [6.45, 7) is -1.55. The molecule has 98 valence electrons. The van der Waals surface area contributed by atoms with Crippen LogP contribution in [0.1, 0.15) is 5.56 Å². The second-order valence-electron chi connectivity index (χ2n) is 3.30. The van der Waals surface area contributed by atoms with Gasteiger partial charge in [-0.2, -0.15) is 13.2 Å². The molecule has 0 radical (unpaired) electrons. The number of hydrogen-bond donors (Lipinski definition) is 2. The molecule has 0 aromatic heterocycles. The molecule has 0 heterocycles. The number of hydrogen-bond acceptors (Lipinski definition) is 3. The van der Waals surface area contributed by atoms with Gasteiger partial charge in [0.2, 0.25) is 0 Å². The van der Waals surface area contributed by atoms with Crippen molar-refractivity contribution >= 4 is 12.0 Å². The molecular formula is C11H10F3NO3. The Labute approximate surface area is 101 Å². The van der Waals surface area contributed by atoms with Crippen molar-refractivity contribution in [3.8, 4) is 5.75 Å². The minimum atomic E-state index is -4.49. The lowest BCUT2D eigenvalue weighted by Gasteiger charge is -2.06. The lowest BCUT2D eigenvalue weighted by atomic mass is 10.2. The minimum Gasteiger partial charge on any atom is -0.508 e. The molecule has 0 aliphatic carbocycles. The van der Waals surface area contributed by atoms with Crippen molar-refractivity contribution < 1.29 is 27.9 Å². The van der Waals surface area contributed by atoms with Gasteiger partial charge in [-0.05, 0) is 23.8 Å². The van der Waals surface area contributed by atoms with Crippen molar-refractivity contribution in [3.63, 3.8) is 0 Å². The molecule has 0 bridgehead atoms. The molecule has 18 heavy (non-hydrogen) atoms. The first-order valence-electron chi connectivity index (χ1n) is 4.82. The maximum atomic E-state index is 11.7. The van der Waals surface area contributed by atoms with E-state index in [1.807, 2.05) is 0 Å². The number of aromatic hydroxyl groups is 1. The lowest BCUT2D eigenvalue weighted by molar-refractivity contribution is -0.190. The Morgan fingerprint density at radius 2 is 1.94 bits per heavy atom. The summed E-state index contributed by atoms with van der Waals surface area (Å²) in [5, 5.41) is 9.00. The van der Waals surface area contributed by atoms with E-state index in [2.05, 4.69) is 4.84 Å². The van der Waals surface area contributed by atoms with Gasteiger partial charge in [0.05, 0.1) is 0 Å². The predicted molar refractivity (Wildman–Crippen MR) is 57.3 cm³/mol. The van der Waals surface area contributed by atoms with Gasteiger partial charge in [-0.1, -0.05) is 12.1 Å². The highest BCUT2D eigenvalue weighted by atomic mass is 19.4. The second kappa shape index (κ2) is 6.06. The number of halogens is 3. The predicted octanol–water partition coefficient (Wildman–Crippen LogP) is 2.02. The molecule has 0 saturated heterocycles. The van der Waals surface area contributed by atoms with Gasteiger partial charge in [0.15, 0.2) is 6.61 Å². The molecule has 0 fully saturated rings. The second-order valence-corrected chi connectivity index (χ2v) is 3.30. The quantitative estimate of drug-likeness (QED) is 0.644. The normalized spacial score (nSPS) is 11.7. The highest BCUT2D eigenvalue weighted by Gasteiger charge is 2.28. The molecule has 4 nitrogen and oxygen atoms in total. The van der Waals surface area contributed by atoms with E-state index in [4.69, 9.17) is 5.11 Å². The van der Waals surface area contributed by atoms with Crippen LogP contribution in [0.4, 0.5) is 13.2 Å². The first-order chi connectivity index (χ1) is 8.37. The largest absolute Gasteiger partial charge is 0.508 e. The van der Waals surface area contributed by atoms with Crippen LogP contribution in [0.3, 0.4) is 0 Å². The summed E-state index contributed by atoms with van der Waals surface area (Å²) in [5.41, 5.74) is 2.24. The van der Waals surface area contributed by atoms with Crippen LogP contribution in [0.25, 0.3) is 6.08 Å². The fraction of sp³-hybridized carbons (Fsp3) is 0.182. The molecule has 0 spiro atoms. The Kier molecular flexibility index (Phi) is 4.73. The van der Waals surface area contributed by atoms with Gasteiger partial charge in [0.25, 0.3) is 5.91 Å². The van der Waals surface area contributed by atoms with Crippen molar-refractivity contribution in [1.29, 1.82) is 0 Å². The van der Waals surface area contributed by atoms with Crippen LogP contribution in [0, 0.1) is 0 Å². The van der Waals surface area contributed by atoms with Crippen molar-refractivity contribution in [2.45, 2.75) is 6.18 Å². The van der Waals surface area contributed by atoms with Gasteiger partial charge >= 0.3 is 6.18 Å². The smallest absolute Gasteiger partial charge is 0.414 e. The highest BCUT2D eigenvalue weighted by molar-refractivity contribution is 5.90. The summed E-state index contributed by atoms with van der Waals surface area (Å²) in [7, 11) is 0. The van der Waals surface area contributed by atoms with E-state index in [9.17, 15) is 18.0 Å². The Morgan fingerprint density at radius 3 is 2.50 bits per heavy atom. The molecule has 1 aromatic rings. The topological polar surface area (TPSA) is 58.6 Å². The third-order valence-corrected chi connectivity index (χ3v) is 1.73. The van der Waals surface area contributed by atoms with Gasteiger partial charge in [-0.15, -0.1) is 0 Å². The fourth-order valence-corrected chi connectivity index (χ4v) is 0.980. The number of rotatable bonds is 4. The summed E-state index contributed by atoms with van der Waals surface area (Å²) in [4.78, 5) is 15.0. The SMILES string of the molecule is O=C(/C=C/c1ccc(O)cc1)NOCC(F)(F)F.